The molecule has 0 heterocycles. The van der Waals surface area contributed by atoms with Crippen molar-refractivity contribution >= 4 is 5.91 Å². The molecule has 0 aromatic heterocycles. The molecular formula is C17H26N2O. The molecule has 1 N–H and O–H groups in total. The molecule has 110 valence electrons. The number of nitrogens with zero attached hydrogens (tertiary/aromatic N) is 1. The van der Waals surface area contributed by atoms with Gasteiger partial charge >= 0.3 is 0 Å². The van der Waals surface area contributed by atoms with Gasteiger partial charge in [-0.15, -0.1) is 0 Å². The summed E-state index contributed by atoms with van der Waals surface area (Å²) in [4.78, 5) is 14.4. The van der Waals surface area contributed by atoms with Crippen LogP contribution in [-0.4, -0.2) is 29.9 Å². The number of carbonyl (C=O) groups excluding carboxylic acids is 1. The van der Waals surface area contributed by atoms with Crippen molar-refractivity contribution in [1.82, 2.24) is 10.2 Å². The number of benzene rings is 1. The molecule has 1 atom stereocenters. The van der Waals surface area contributed by atoms with E-state index >= 15 is 0 Å². The Hall–Kier alpha value is -1.35. The molecule has 0 aliphatic heterocycles. The van der Waals surface area contributed by atoms with E-state index in [1.54, 1.807) is 0 Å². The van der Waals surface area contributed by atoms with Crippen molar-refractivity contribution in [2.75, 3.05) is 13.1 Å². The molecule has 3 nitrogen and oxygen atoms in total. The first-order chi connectivity index (χ1) is 9.51. The van der Waals surface area contributed by atoms with E-state index < -0.39 is 0 Å². The van der Waals surface area contributed by atoms with Crippen molar-refractivity contribution in [1.29, 1.82) is 0 Å². The second-order valence-electron chi connectivity index (χ2n) is 5.93. The predicted molar refractivity (Wildman–Crippen MR) is 82.7 cm³/mol. The zero-order valence-corrected chi connectivity index (χ0v) is 13.1. The van der Waals surface area contributed by atoms with E-state index in [9.17, 15) is 4.79 Å². The first kappa shape index (κ1) is 15.0. The molecule has 20 heavy (non-hydrogen) atoms. The van der Waals surface area contributed by atoms with Gasteiger partial charge < -0.3 is 5.32 Å². The van der Waals surface area contributed by atoms with Crippen molar-refractivity contribution in [3.63, 3.8) is 0 Å². The minimum Gasteiger partial charge on any atom is -0.348 e. The third-order valence-electron chi connectivity index (χ3n) is 4.22. The Kier molecular flexibility index (Phi) is 4.81. The zero-order chi connectivity index (χ0) is 14.7. The predicted octanol–water partition coefficient (Wildman–Crippen LogP) is 2.96. The van der Waals surface area contributed by atoms with Crippen molar-refractivity contribution in [3.05, 3.63) is 34.9 Å². The highest BCUT2D eigenvalue weighted by atomic mass is 16.2. The minimum atomic E-state index is 0.0692. The Morgan fingerprint density at radius 1 is 1.35 bits per heavy atom. The van der Waals surface area contributed by atoms with Crippen LogP contribution < -0.4 is 5.32 Å². The lowest BCUT2D eigenvalue weighted by atomic mass is 10.0. The van der Waals surface area contributed by atoms with Crippen molar-refractivity contribution in [2.45, 2.75) is 52.6 Å². The van der Waals surface area contributed by atoms with Gasteiger partial charge in [-0.05, 0) is 56.8 Å². The van der Waals surface area contributed by atoms with Crippen LogP contribution in [0.25, 0.3) is 0 Å². The summed E-state index contributed by atoms with van der Waals surface area (Å²) in [6.07, 6.45) is 2.49. The molecule has 3 heteroatoms. The zero-order valence-electron chi connectivity index (χ0n) is 13.1. The van der Waals surface area contributed by atoms with Gasteiger partial charge in [0.05, 0.1) is 12.6 Å². The number of nitrogens with one attached hydrogen (secondary N) is 1. The molecule has 0 spiro atoms. The fraction of sp³-hybridized carbons (Fsp3) is 0.588. The summed E-state index contributed by atoms with van der Waals surface area (Å²) >= 11 is 0. The first-order valence-electron chi connectivity index (χ1n) is 7.61. The maximum absolute atomic E-state index is 12.1. The first-order valence-corrected chi connectivity index (χ1v) is 7.61. The average molecular weight is 274 g/mol. The summed E-state index contributed by atoms with van der Waals surface area (Å²) in [5.41, 5.74) is 3.74. The second kappa shape index (κ2) is 6.40. The normalized spacial score (nSPS) is 16.2. The Balaban J connectivity index is 1.90. The van der Waals surface area contributed by atoms with E-state index in [1.807, 2.05) is 0 Å². The number of aryl methyl sites for hydroxylation is 2. The number of amides is 1. The second-order valence-corrected chi connectivity index (χ2v) is 5.93. The van der Waals surface area contributed by atoms with E-state index in [1.165, 1.54) is 29.5 Å². The summed E-state index contributed by atoms with van der Waals surface area (Å²) in [6.45, 7) is 9.87. The summed E-state index contributed by atoms with van der Waals surface area (Å²) < 4.78 is 0. The lowest BCUT2D eigenvalue weighted by molar-refractivity contribution is -0.123. The molecule has 1 aromatic carbocycles. The van der Waals surface area contributed by atoms with Crippen LogP contribution in [0.2, 0.25) is 0 Å². The van der Waals surface area contributed by atoms with Crippen LogP contribution in [0.1, 0.15) is 49.4 Å². The lowest BCUT2D eigenvalue weighted by Gasteiger charge is -2.21. The molecule has 1 saturated carbocycles. The molecule has 1 unspecified atom stereocenters. The van der Waals surface area contributed by atoms with E-state index in [4.69, 9.17) is 0 Å². The third-order valence-corrected chi connectivity index (χ3v) is 4.22. The van der Waals surface area contributed by atoms with Crippen LogP contribution in [0, 0.1) is 13.8 Å². The lowest BCUT2D eigenvalue weighted by Crippen LogP contribution is -2.39. The monoisotopic (exact) mass is 274 g/mol. The Bertz CT molecular complexity index is 480. The van der Waals surface area contributed by atoms with Crippen LogP contribution in [0.15, 0.2) is 18.2 Å². The van der Waals surface area contributed by atoms with Gasteiger partial charge in [0.25, 0.3) is 0 Å². The van der Waals surface area contributed by atoms with Crippen LogP contribution >= 0.6 is 0 Å². The number of carbonyl (C=O) groups is 1. The molecule has 0 bridgehead atoms. The Labute approximate surface area is 122 Å². The fourth-order valence-corrected chi connectivity index (χ4v) is 2.53. The number of hydrogen-bond acceptors (Lipinski definition) is 2. The quantitative estimate of drug-likeness (QED) is 0.865. The Morgan fingerprint density at radius 2 is 2.05 bits per heavy atom. The number of rotatable bonds is 6. The van der Waals surface area contributed by atoms with Crippen LogP contribution in [-0.2, 0) is 4.79 Å². The summed E-state index contributed by atoms with van der Waals surface area (Å²) in [5.74, 6) is 0.129. The molecule has 0 saturated heterocycles. The highest BCUT2D eigenvalue weighted by molar-refractivity contribution is 5.78. The average Bonchev–Trinajstić information content (AvgIpc) is 3.23. The molecule has 1 fully saturated rings. The van der Waals surface area contributed by atoms with Gasteiger partial charge in [0, 0.05) is 6.04 Å². The van der Waals surface area contributed by atoms with E-state index in [0.717, 1.165) is 6.54 Å². The minimum absolute atomic E-state index is 0.0692. The summed E-state index contributed by atoms with van der Waals surface area (Å²) in [5, 5.41) is 3.11. The van der Waals surface area contributed by atoms with E-state index in [2.05, 4.69) is 56.1 Å². The molecule has 1 aromatic rings. The molecule has 1 amide bonds. The van der Waals surface area contributed by atoms with Crippen molar-refractivity contribution in [3.8, 4) is 0 Å². The van der Waals surface area contributed by atoms with Gasteiger partial charge in [-0.1, -0.05) is 25.1 Å². The van der Waals surface area contributed by atoms with Crippen molar-refractivity contribution < 1.29 is 4.79 Å². The third kappa shape index (κ3) is 3.83. The summed E-state index contributed by atoms with van der Waals surface area (Å²) in [7, 11) is 0. The highest BCUT2D eigenvalue weighted by Gasteiger charge is 2.29. The topological polar surface area (TPSA) is 32.3 Å². The Morgan fingerprint density at radius 3 is 2.60 bits per heavy atom. The van der Waals surface area contributed by atoms with E-state index in [-0.39, 0.29) is 11.9 Å². The van der Waals surface area contributed by atoms with Crippen LogP contribution in [0.5, 0.6) is 0 Å². The van der Waals surface area contributed by atoms with Gasteiger partial charge in [-0.25, -0.2) is 0 Å². The molecule has 2 rings (SSSR count). The number of hydrogen-bond donors (Lipinski definition) is 1. The largest absolute Gasteiger partial charge is 0.348 e. The van der Waals surface area contributed by atoms with Crippen LogP contribution in [0.3, 0.4) is 0 Å². The highest BCUT2D eigenvalue weighted by Crippen LogP contribution is 2.26. The summed E-state index contributed by atoms with van der Waals surface area (Å²) in [6, 6.07) is 7.10. The molecule has 1 aliphatic rings. The van der Waals surface area contributed by atoms with E-state index in [0.29, 0.717) is 12.6 Å². The van der Waals surface area contributed by atoms with Crippen LogP contribution in [0.4, 0.5) is 0 Å². The maximum Gasteiger partial charge on any atom is 0.234 e. The van der Waals surface area contributed by atoms with Gasteiger partial charge in [-0.3, -0.25) is 9.69 Å². The molecule has 1 aliphatic carbocycles. The van der Waals surface area contributed by atoms with Gasteiger partial charge in [0.15, 0.2) is 0 Å². The molecular weight excluding hydrogens is 248 g/mol. The number of likely N-dealkylation sites (N-methyl/N-ethyl adjacent to an activating group) is 1. The van der Waals surface area contributed by atoms with Gasteiger partial charge in [0.2, 0.25) is 5.91 Å². The van der Waals surface area contributed by atoms with Crippen molar-refractivity contribution in [2.24, 2.45) is 0 Å². The smallest absolute Gasteiger partial charge is 0.234 e. The SMILES string of the molecule is CCN(CC(=O)NC(C)c1ccc(C)c(C)c1)C1CC1. The van der Waals surface area contributed by atoms with Gasteiger partial charge in [-0.2, -0.15) is 0 Å². The standard InChI is InChI=1S/C17H26N2O/c1-5-19(16-8-9-16)11-17(20)18-14(4)15-7-6-12(2)13(3)10-15/h6-7,10,14,16H,5,8-9,11H2,1-4H3,(H,18,20). The maximum atomic E-state index is 12.1. The fourth-order valence-electron chi connectivity index (χ4n) is 2.53. The molecule has 0 radical (unpaired) electrons. The van der Waals surface area contributed by atoms with Gasteiger partial charge in [0.1, 0.15) is 0 Å².